The topological polar surface area (TPSA) is 87.1 Å². The minimum absolute atomic E-state index is 0.0964. The Morgan fingerprint density at radius 3 is 2.03 bits per heavy atom. The van der Waals surface area contributed by atoms with Crippen LogP contribution in [-0.4, -0.2) is 31.5 Å². The Morgan fingerprint density at radius 2 is 1.44 bits per heavy atom. The monoisotopic (exact) mass is 524 g/mol. The number of ether oxygens (including phenoxy) is 2. The van der Waals surface area contributed by atoms with Crippen LogP contribution in [0.2, 0.25) is 0 Å². The average Bonchev–Trinajstić information content (AvgIpc) is 2.87. The number of nitrogens with zero attached hydrogens (tertiary/aromatic N) is 4. The van der Waals surface area contributed by atoms with Gasteiger partial charge in [0.25, 0.3) is 0 Å². The summed E-state index contributed by atoms with van der Waals surface area (Å²) in [5.41, 5.74) is 3.93. The fourth-order valence-corrected chi connectivity index (χ4v) is 3.93. The number of benzene rings is 2. The van der Waals surface area contributed by atoms with Crippen molar-refractivity contribution in [2.24, 2.45) is 0 Å². The van der Waals surface area contributed by atoms with Crippen LogP contribution in [0.15, 0.2) is 67.0 Å². The molecule has 0 radical (unpaired) electrons. The van der Waals surface area contributed by atoms with E-state index in [1.54, 1.807) is 0 Å². The lowest BCUT2D eigenvalue weighted by Gasteiger charge is -2.21. The average molecular weight is 525 g/mol. The van der Waals surface area contributed by atoms with Gasteiger partial charge >= 0.3 is 5.97 Å². The first-order valence-corrected chi connectivity index (χ1v) is 13.1. The molecular weight excluding hydrogens is 488 g/mol. The van der Waals surface area contributed by atoms with Crippen LogP contribution in [0.5, 0.6) is 5.75 Å². The van der Waals surface area contributed by atoms with Gasteiger partial charge in [-0.15, -0.1) is 0 Å². The smallest absolute Gasteiger partial charge is 0.361 e. The summed E-state index contributed by atoms with van der Waals surface area (Å²) in [6, 6.07) is 17.9. The summed E-state index contributed by atoms with van der Waals surface area (Å²) in [6.45, 7) is 13.9. The standard InChI is InChI=1S/C32H36N4O3/c1-21-28(38-20-23-11-9-8-10-12-23)27(29(37)39-32(5,6)7)36-26(35-21)17-22-13-15-24(16-14-22)25-18-33-30(34-19-25)31(2,3)4/h8-16,18-19H,17,20H2,1-7H3. The zero-order valence-corrected chi connectivity index (χ0v) is 23.8. The first kappa shape index (κ1) is 27.9. The zero-order chi connectivity index (χ0) is 28.2. The fourth-order valence-electron chi connectivity index (χ4n) is 3.93. The molecule has 0 amide bonds. The highest BCUT2D eigenvalue weighted by Crippen LogP contribution is 2.26. The largest absolute Gasteiger partial charge is 0.484 e. The van der Waals surface area contributed by atoms with E-state index in [4.69, 9.17) is 9.47 Å². The molecule has 0 aliphatic carbocycles. The van der Waals surface area contributed by atoms with Gasteiger partial charge in [-0.05, 0) is 44.4 Å². The van der Waals surface area contributed by atoms with E-state index in [9.17, 15) is 4.79 Å². The van der Waals surface area contributed by atoms with Crippen LogP contribution in [0.4, 0.5) is 0 Å². The Kier molecular flexibility index (Phi) is 8.09. The van der Waals surface area contributed by atoms with Gasteiger partial charge in [0.1, 0.15) is 23.9 Å². The number of aryl methyl sites for hydroxylation is 1. The number of esters is 1. The van der Waals surface area contributed by atoms with E-state index in [-0.39, 0.29) is 11.1 Å². The first-order chi connectivity index (χ1) is 18.4. The van der Waals surface area contributed by atoms with Gasteiger partial charge in [-0.3, -0.25) is 0 Å². The third kappa shape index (κ3) is 7.47. The second kappa shape index (κ2) is 11.3. The SMILES string of the molecule is Cc1nc(Cc2ccc(-c3cnc(C(C)(C)C)nc3)cc2)nc(C(=O)OC(C)(C)C)c1OCc1ccccc1. The van der Waals surface area contributed by atoms with Gasteiger partial charge in [0.2, 0.25) is 0 Å². The molecule has 0 fully saturated rings. The Bertz CT molecular complexity index is 1420. The molecule has 0 bridgehead atoms. The van der Waals surface area contributed by atoms with E-state index in [0.717, 1.165) is 28.1 Å². The van der Waals surface area contributed by atoms with E-state index in [1.165, 1.54) is 0 Å². The normalized spacial score (nSPS) is 11.8. The molecule has 2 aromatic heterocycles. The van der Waals surface area contributed by atoms with Crippen molar-refractivity contribution < 1.29 is 14.3 Å². The quantitative estimate of drug-likeness (QED) is 0.250. The number of hydrogen-bond acceptors (Lipinski definition) is 7. The van der Waals surface area contributed by atoms with Crippen molar-refractivity contribution in [1.29, 1.82) is 0 Å². The van der Waals surface area contributed by atoms with Crippen LogP contribution in [0, 0.1) is 6.92 Å². The number of rotatable bonds is 7. The molecule has 2 aromatic carbocycles. The zero-order valence-electron chi connectivity index (χ0n) is 23.8. The van der Waals surface area contributed by atoms with Crippen LogP contribution in [0.1, 0.15) is 80.5 Å². The maximum Gasteiger partial charge on any atom is 0.361 e. The Morgan fingerprint density at radius 1 is 0.795 bits per heavy atom. The number of hydrogen-bond donors (Lipinski definition) is 0. The third-order valence-electron chi connectivity index (χ3n) is 5.87. The summed E-state index contributed by atoms with van der Waals surface area (Å²) >= 11 is 0. The van der Waals surface area contributed by atoms with Crippen molar-refractivity contribution in [2.45, 2.75) is 72.5 Å². The molecule has 0 unspecified atom stereocenters. The number of carbonyl (C=O) groups excluding carboxylic acids is 1. The second-order valence-corrected chi connectivity index (χ2v) is 11.6. The van der Waals surface area contributed by atoms with Crippen molar-refractivity contribution >= 4 is 5.97 Å². The molecule has 4 aromatic rings. The molecule has 7 heteroatoms. The molecular formula is C32H36N4O3. The predicted molar refractivity (Wildman–Crippen MR) is 152 cm³/mol. The maximum atomic E-state index is 13.1. The summed E-state index contributed by atoms with van der Waals surface area (Å²) < 4.78 is 11.7. The van der Waals surface area contributed by atoms with Gasteiger partial charge in [-0.1, -0.05) is 75.4 Å². The highest BCUT2D eigenvalue weighted by Gasteiger charge is 2.26. The van der Waals surface area contributed by atoms with E-state index in [1.807, 2.05) is 94.7 Å². The number of aromatic nitrogens is 4. The molecule has 0 saturated carbocycles. The lowest BCUT2D eigenvalue weighted by Crippen LogP contribution is -2.25. The Balaban J connectivity index is 1.57. The van der Waals surface area contributed by atoms with Crippen LogP contribution in [-0.2, 0) is 23.2 Å². The van der Waals surface area contributed by atoms with Gasteiger partial charge in [-0.25, -0.2) is 24.7 Å². The van der Waals surface area contributed by atoms with Crippen molar-refractivity contribution in [3.63, 3.8) is 0 Å². The highest BCUT2D eigenvalue weighted by molar-refractivity contribution is 5.91. The minimum atomic E-state index is -0.669. The summed E-state index contributed by atoms with van der Waals surface area (Å²) in [5.74, 6) is 1.13. The van der Waals surface area contributed by atoms with E-state index < -0.39 is 11.6 Å². The maximum absolute atomic E-state index is 13.1. The van der Waals surface area contributed by atoms with Gasteiger partial charge in [0.15, 0.2) is 11.4 Å². The molecule has 4 rings (SSSR count). The van der Waals surface area contributed by atoms with Crippen LogP contribution < -0.4 is 4.74 Å². The van der Waals surface area contributed by atoms with Crippen molar-refractivity contribution in [2.75, 3.05) is 0 Å². The summed E-state index contributed by atoms with van der Waals surface area (Å²) in [6.07, 6.45) is 4.17. The van der Waals surface area contributed by atoms with Gasteiger partial charge in [0, 0.05) is 29.8 Å². The summed E-state index contributed by atoms with van der Waals surface area (Å²) in [5, 5.41) is 0. The van der Waals surface area contributed by atoms with E-state index >= 15 is 0 Å². The molecule has 0 aliphatic heterocycles. The first-order valence-electron chi connectivity index (χ1n) is 13.1. The lowest BCUT2D eigenvalue weighted by atomic mass is 9.95. The van der Waals surface area contributed by atoms with Gasteiger partial charge in [-0.2, -0.15) is 0 Å². The molecule has 0 atom stereocenters. The van der Waals surface area contributed by atoms with Crippen LogP contribution in [0.25, 0.3) is 11.1 Å². The summed E-state index contributed by atoms with van der Waals surface area (Å²) in [4.78, 5) is 31.5. The number of carbonyl (C=O) groups is 1. The molecule has 7 nitrogen and oxygen atoms in total. The minimum Gasteiger partial charge on any atom is -0.484 e. The fraction of sp³-hybridized carbons (Fsp3) is 0.344. The van der Waals surface area contributed by atoms with Crippen LogP contribution >= 0.6 is 0 Å². The lowest BCUT2D eigenvalue weighted by molar-refractivity contribution is 0.00573. The van der Waals surface area contributed by atoms with Crippen molar-refractivity contribution in [1.82, 2.24) is 19.9 Å². The molecule has 0 aliphatic rings. The van der Waals surface area contributed by atoms with Gasteiger partial charge in [0.05, 0.1) is 5.69 Å². The molecule has 39 heavy (non-hydrogen) atoms. The second-order valence-electron chi connectivity index (χ2n) is 11.6. The molecule has 0 N–H and O–H groups in total. The van der Waals surface area contributed by atoms with Crippen LogP contribution in [0.3, 0.4) is 0 Å². The van der Waals surface area contributed by atoms with E-state index in [2.05, 4.69) is 40.7 Å². The Hall–Kier alpha value is -4.13. The van der Waals surface area contributed by atoms with Crippen molar-refractivity contribution in [3.05, 3.63) is 101 Å². The third-order valence-corrected chi connectivity index (χ3v) is 5.87. The highest BCUT2D eigenvalue weighted by atomic mass is 16.6. The molecule has 2 heterocycles. The van der Waals surface area contributed by atoms with Gasteiger partial charge < -0.3 is 9.47 Å². The predicted octanol–water partition coefficient (Wildman–Crippen LogP) is 6.66. The van der Waals surface area contributed by atoms with Crippen molar-refractivity contribution in [3.8, 4) is 16.9 Å². The Labute approximate surface area is 230 Å². The summed E-state index contributed by atoms with van der Waals surface area (Å²) in [7, 11) is 0. The molecule has 202 valence electrons. The molecule has 0 spiro atoms. The molecule has 0 saturated heterocycles. The van der Waals surface area contributed by atoms with E-state index in [0.29, 0.717) is 30.3 Å².